The van der Waals surface area contributed by atoms with Crippen molar-refractivity contribution in [3.05, 3.63) is 111 Å². The summed E-state index contributed by atoms with van der Waals surface area (Å²) in [4.78, 5) is 26.8. The molecular weight excluding hydrogens is 556 g/mol. The van der Waals surface area contributed by atoms with Gasteiger partial charge in [0.05, 0.1) is 35.1 Å². The van der Waals surface area contributed by atoms with E-state index in [1.807, 2.05) is 65.5 Å². The first-order valence-electron chi connectivity index (χ1n) is 11.2. The Bertz CT molecular complexity index is 1430. The van der Waals surface area contributed by atoms with Gasteiger partial charge in [0.15, 0.2) is 12.4 Å². The van der Waals surface area contributed by atoms with Crippen LogP contribution in [0.1, 0.15) is 38.8 Å². The van der Waals surface area contributed by atoms with Crippen LogP contribution in [0, 0.1) is 11.3 Å². The van der Waals surface area contributed by atoms with Crippen molar-refractivity contribution in [2.75, 3.05) is 6.61 Å². The quantitative estimate of drug-likeness (QED) is 0.101. The van der Waals surface area contributed by atoms with Crippen LogP contribution in [0.15, 0.2) is 87.8 Å². The average molecular weight is 579 g/mol. The van der Waals surface area contributed by atoms with E-state index in [1.165, 1.54) is 11.3 Å². The molecule has 0 aliphatic carbocycles. The van der Waals surface area contributed by atoms with E-state index in [0.717, 1.165) is 19.9 Å². The molecule has 8 heteroatoms. The second-order valence-corrected chi connectivity index (χ2v) is 10.9. The third-order valence-electron chi connectivity index (χ3n) is 5.36. The Hall–Kier alpha value is -3.25. The summed E-state index contributed by atoms with van der Waals surface area (Å²) >= 11 is 6.34. The van der Waals surface area contributed by atoms with Gasteiger partial charge in [0, 0.05) is 27.9 Å². The van der Waals surface area contributed by atoms with Crippen LogP contribution in [0.3, 0.4) is 0 Å². The Morgan fingerprint density at radius 2 is 1.78 bits per heavy atom. The largest absolute Gasteiger partial charge is 0.466 e. The van der Waals surface area contributed by atoms with Crippen LogP contribution in [0.25, 0.3) is 5.69 Å². The maximum absolute atomic E-state index is 13.7. The zero-order valence-electron chi connectivity index (χ0n) is 19.4. The van der Waals surface area contributed by atoms with Crippen molar-refractivity contribution in [2.45, 2.75) is 23.3 Å². The fraction of sp³-hybridized carbons (Fsp3) is 0.143. The Kier molecular flexibility index (Phi) is 8.70. The molecular formula is C28H22BrN2O3S2+. The lowest BCUT2D eigenvalue weighted by molar-refractivity contribution is -0.598. The molecule has 0 saturated carbocycles. The second-order valence-electron chi connectivity index (χ2n) is 7.70. The van der Waals surface area contributed by atoms with Gasteiger partial charge in [-0.1, -0.05) is 40.2 Å². The number of rotatable bonds is 9. The summed E-state index contributed by atoms with van der Waals surface area (Å²) in [7, 11) is 0. The van der Waals surface area contributed by atoms with Gasteiger partial charge in [-0.3, -0.25) is 9.59 Å². The average Bonchev–Trinajstić information content (AvgIpc) is 3.26. The van der Waals surface area contributed by atoms with Crippen LogP contribution in [-0.2, 0) is 21.7 Å². The van der Waals surface area contributed by atoms with Gasteiger partial charge in [-0.05, 0) is 42.8 Å². The molecule has 0 saturated heterocycles. The van der Waals surface area contributed by atoms with E-state index in [4.69, 9.17) is 4.74 Å². The highest BCUT2D eigenvalue weighted by atomic mass is 79.9. The first-order chi connectivity index (χ1) is 17.5. The summed E-state index contributed by atoms with van der Waals surface area (Å²) in [6.07, 6.45) is 3.78. The number of thioether (sulfide) groups is 1. The molecule has 0 bridgehead atoms. The molecule has 2 aromatic carbocycles. The number of aromatic nitrogens is 1. The Morgan fingerprint density at radius 1 is 1.06 bits per heavy atom. The topological polar surface area (TPSA) is 71.0 Å². The van der Waals surface area contributed by atoms with Crippen LogP contribution < -0.4 is 4.57 Å². The van der Waals surface area contributed by atoms with Crippen molar-refractivity contribution in [1.29, 1.82) is 5.26 Å². The second kappa shape index (κ2) is 12.1. The van der Waals surface area contributed by atoms with Crippen molar-refractivity contribution in [3.63, 3.8) is 0 Å². The van der Waals surface area contributed by atoms with Crippen molar-refractivity contribution in [2.24, 2.45) is 0 Å². The van der Waals surface area contributed by atoms with Crippen LogP contribution >= 0.6 is 39.0 Å². The first-order valence-corrected chi connectivity index (χ1v) is 13.8. The molecule has 0 aliphatic rings. The first kappa shape index (κ1) is 25.8. The van der Waals surface area contributed by atoms with E-state index in [9.17, 15) is 14.9 Å². The molecule has 5 nitrogen and oxygen atoms in total. The highest BCUT2D eigenvalue weighted by Gasteiger charge is 2.31. The summed E-state index contributed by atoms with van der Waals surface area (Å²) in [6.45, 7) is 2.03. The number of ether oxygens (including phenoxy) is 1. The highest BCUT2D eigenvalue weighted by molar-refractivity contribution is 9.10. The molecule has 2 aromatic heterocycles. The maximum Gasteiger partial charge on any atom is 0.310 e. The zero-order chi connectivity index (χ0) is 25.5. The number of thiophene rings is 1. The molecule has 0 unspecified atom stereocenters. The van der Waals surface area contributed by atoms with Gasteiger partial charge in [0.25, 0.3) is 0 Å². The predicted octanol–water partition coefficient (Wildman–Crippen LogP) is 6.29. The molecule has 0 atom stereocenters. The van der Waals surface area contributed by atoms with Gasteiger partial charge < -0.3 is 4.74 Å². The maximum atomic E-state index is 13.7. The van der Waals surface area contributed by atoms with Gasteiger partial charge in [0.1, 0.15) is 4.21 Å². The van der Waals surface area contributed by atoms with E-state index in [1.54, 1.807) is 36.9 Å². The normalized spacial score (nSPS) is 10.6. The van der Waals surface area contributed by atoms with Gasteiger partial charge in [0.2, 0.25) is 11.5 Å². The highest BCUT2D eigenvalue weighted by Crippen LogP contribution is 2.40. The number of hydrogen-bond donors (Lipinski definition) is 0. The SMILES string of the molecule is CCOC(=O)Cc1c(C(=O)c2ccc(Br)cc2)sc(SCc2ccccc2C#N)c1-[n+]1ccccc1. The molecule has 4 rings (SSSR count). The van der Waals surface area contributed by atoms with Crippen molar-refractivity contribution in [3.8, 4) is 11.8 Å². The van der Waals surface area contributed by atoms with Gasteiger partial charge in [-0.25, -0.2) is 0 Å². The number of carbonyl (C=O) groups excluding carboxylic acids is 2. The summed E-state index contributed by atoms with van der Waals surface area (Å²) in [5.41, 5.74) is 3.50. The molecule has 0 aliphatic heterocycles. The smallest absolute Gasteiger partial charge is 0.310 e. The number of nitriles is 1. The van der Waals surface area contributed by atoms with Crippen molar-refractivity contribution < 1.29 is 18.9 Å². The number of hydrogen-bond acceptors (Lipinski definition) is 6. The number of benzene rings is 2. The minimum Gasteiger partial charge on any atom is -0.466 e. The van der Waals surface area contributed by atoms with Crippen molar-refractivity contribution >= 4 is 50.8 Å². The predicted molar refractivity (Wildman–Crippen MR) is 144 cm³/mol. The summed E-state index contributed by atoms with van der Waals surface area (Å²) in [5, 5.41) is 9.50. The standard InChI is InChI=1S/C28H22BrN2O3S2/c1-2-34-24(32)16-23-25(31-14-6-3-7-15-31)28(35-18-21-9-5-4-8-20(21)17-30)36-27(23)26(33)19-10-12-22(29)13-11-19/h3-15H,2,16,18H2,1H3/q+1. The lowest BCUT2D eigenvalue weighted by Crippen LogP contribution is -2.31. The van der Waals surface area contributed by atoms with E-state index < -0.39 is 0 Å². The minimum atomic E-state index is -0.385. The molecule has 0 amide bonds. The van der Waals surface area contributed by atoms with Crippen LogP contribution in [0.4, 0.5) is 0 Å². The number of esters is 1. The fourth-order valence-electron chi connectivity index (χ4n) is 3.67. The van der Waals surface area contributed by atoms with E-state index in [0.29, 0.717) is 27.3 Å². The van der Waals surface area contributed by atoms with Crippen LogP contribution in [-0.4, -0.2) is 18.4 Å². The lowest BCUT2D eigenvalue weighted by atomic mass is 10.0. The summed E-state index contributed by atoms with van der Waals surface area (Å²) in [5.74, 6) is 0.0215. The molecule has 0 fully saturated rings. The third kappa shape index (κ3) is 5.93. The van der Waals surface area contributed by atoms with Crippen molar-refractivity contribution in [1.82, 2.24) is 0 Å². The van der Waals surface area contributed by atoms with Gasteiger partial charge in [-0.2, -0.15) is 9.83 Å². The lowest BCUT2D eigenvalue weighted by Gasteiger charge is -2.06. The number of pyridine rings is 1. The van der Waals surface area contributed by atoms with E-state index in [-0.39, 0.29) is 24.8 Å². The Balaban J connectivity index is 1.84. The number of ketones is 1. The number of nitrogens with zero attached hydrogens (tertiary/aromatic N) is 2. The Morgan fingerprint density at radius 3 is 2.47 bits per heavy atom. The molecule has 2 heterocycles. The number of halogens is 1. The van der Waals surface area contributed by atoms with E-state index >= 15 is 0 Å². The van der Waals surface area contributed by atoms with E-state index in [2.05, 4.69) is 22.0 Å². The van der Waals surface area contributed by atoms with Gasteiger partial charge in [-0.15, -0.1) is 23.1 Å². The molecule has 180 valence electrons. The number of carbonyl (C=O) groups is 2. The third-order valence-corrected chi connectivity index (χ3v) is 8.42. The van der Waals surface area contributed by atoms with Crippen LogP contribution in [0.5, 0.6) is 0 Å². The molecule has 0 radical (unpaired) electrons. The monoisotopic (exact) mass is 577 g/mol. The minimum absolute atomic E-state index is 0.0193. The molecule has 4 aromatic rings. The summed E-state index contributed by atoms with van der Waals surface area (Å²) in [6, 6.07) is 22.6. The summed E-state index contributed by atoms with van der Waals surface area (Å²) < 4.78 is 8.96. The fourth-order valence-corrected chi connectivity index (χ4v) is 6.52. The van der Waals surface area contributed by atoms with Crippen LogP contribution in [0.2, 0.25) is 0 Å². The molecule has 0 spiro atoms. The molecule has 0 N–H and O–H groups in total. The molecule has 36 heavy (non-hydrogen) atoms. The Labute approximate surface area is 226 Å². The van der Waals surface area contributed by atoms with Gasteiger partial charge >= 0.3 is 5.97 Å². The zero-order valence-corrected chi connectivity index (χ0v) is 22.7.